The molecule has 1 aromatic rings. The summed E-state index contributed by atoms with van der Waals surface area (Å²) in [4.78, 5) is 0. The van der Waals surface area contributed by atoms with Gasteiger partial charge in [-0.05, 0) is 13.0 Å². The van der Waals surface area contributed by atoms with Crippen LogP contribution < -0.4 is 4.74 Å². The van der Waals surface area contributed by atoms with Gasteiger partial charge in [-0.3, -0.25) is 0 Å². The van der Waals surface area contributed by atoms with Crippen molar-refractivity contribution in [2.24, 2.45) is 0 Å². The number of hydrogen-bond donors (Lipinski definition) is 0. The van der Waals surface area contributed by atoms with Gasteiger partial charge in [0.25, 0.3) is 6.43 Å². The monoisotopic (exact) mass is 174 g/mol. The zero-order valence-corrected chi connectivity index (χ0v) is 6.50. The Morgan fingerprint density at radius 2 is 2.17 bits per heavy atom. The van der Waals surface area contributed by atoms with Gasteiger partial charge in [0.05, 0.1) is 6.61 Å². The Bertz CT molecular complexity index is 238. The van der Waals surface area contributed by atoms with Crippen molar-refractivity contribution in [3.8, 4) is 5.88 Å². The second-order valence-electron chi connectivity index (χ2n) is 2.03. The van der Waals surface area contributed by atoms with E-state index >= 15 is 0 Å². The summed E-state index contributed by atoms with van der Waals surface area (Å²) in [6.07, 6.45) is -2.58. The zero-order valence-electron chi connectivity index (χ0n) is 6.50. The number of halogens is 2. The fraction of sp³-hybridized carbons (Fsp3) is 0.429. The second kappa shape index (κ2) is 3.94. The molecule has 0 aliphatic carbocycles. The van der Waals surface area contributed by atoms with E-state index in [4.69, 9.17) is 4.74 Å². The van der Waals surface area contributed by atoms with E-state index < -0.39 is 6.43 Å². The van der Waals surface area contributed by atoms with Gasteiger partial charge in [-0.15, -0.1) is 10.2 Å². The predicted molar refractivity (Wildman–Crippen MR) is 38.2 cm³/mol. The Morgan fingerprint density at radius 3 is 2.58 bits per heavy atom. The topological polar surface area (TPSA) is 35.0 Å². The van der Waals surface area contributed by atoms with Crippen LogP contribution in [0.1, 0.15) is 19.0 Å². The van der Waals surface area contributed by atoms with Crippen molar-refractivity contribution in [2.45, 2.75) is 13.3 Å². The van der Waals surface area contributed by atoms with Crippen LogP contribution in [0.15, 0.2) is 12.1 Å². The molecule has 5 heteroatoms. The first-order valence-electron chi connectivity index (χ1n) is 3.48. The first-order chi connectivity index (χ1) is 5.74. The lowest BCUT2D eigenvalue weighted by molar-refractivity contribution is 0.144. The molecule has 1 rings (SSSR count). The third kappa shape index (κ3) is 2.11. The smallest absolute Gasteiger partial charge is 0.282 e. The third-order valence-electron chi connectivity index (χ3n) is 1.18. The van der Waals surface area contributed by atoms with Gasteiger partial charge in [-0.1, -0.05) is 0 Å². The van der Waals surface area contributed by atoms with E-state index in [1.807, 2.05) is 0 Å². The van der Waals surface area contributed by atoms with Gasteiger partial charge in [-0.2, -0.15) is 0 Å². The van der Waals surface area contributed by atoms with Crippen LogP contribution in [0.2, 0.25) is 0 Å². The highest BCUT2D eigenvalue weighted by molar-refractivity contribution is 5.11. The molecule has 66 valence electrons. The molecule has 0 atom stereocenters. The Hall–Kier alpha value is -1.26. The number of ether oxygens (including phenoxy) is 1. The van der Waals surface area contributed by atoms with Gasteiger partial charge in [0.1, 0.15) is 5.69 Å². The van der Waals surface area contributed by atoms with E-state index in [-0.39, 0.29) is 11.6 Å². The molecule has 1 aromatic heterocycles. The van der Waals surface area contributed by atoms with E-state index in [1.54, 1.807) is 6.92 Å². The summed E-state index contributed by atoms with van der Waals surface area (Å²) < 4.78 is 28.8. The summed E-state index contributed by atoms with van der Waals surface area (Å²) in [7, 11) is 0. The fourth-order valence-corrected chi connectivity index (χ4v) is 0.672. The van der Waals surface area contributed by atoms with Crippen molar-refractivity contribution in [3.63, 3.8) is 0 Å². The van der Waals surface area contributed by atoms with Gasteiger partial charge >= 0.3 is 0 Å². The van der Waals surface area contributed by atoms with Gasteiger partial charge in [0, 0.05) is 6.07 Å². The lowest BCUT2D eigenvalue weighted by Gasteiger charge is -2.00. The highest BCUT2D eigenvalue weighted by Gasteiger charge is 2.08. The van der Waals surface area contributed by atoms with E-state index in [2.05, 4.69) is 10.2 Å². The maximum atomic E-state index is 11.9. The molecule has 0 aromatic carbocycles. The molecule has 0 saturated heterocycles. The first kappa shape index (κ1) is 8.83. The zero-order chi connectivity index (χ0) is 8.97. The summed E-state index contributed by atoms with van der Waals surface area (Å²) in [5.41, 5.74) is -0.335. The van der Waals surface area contributed by atoms with Gasteiger partial charge in [0.2, 0.25) is 5.88 Å². The summed E-state index contributed by atoms with van der Waals surface area (Å²) in [5.74, 6) is 0.266. The number of aromatic nitrogens is 2. The molecule has 0 spiro atoms. The highest BCUT2D eigenvalue weighted by Crippen LogP contribution is 2.16. The average Bonchev–Trinajstić information content (AvgIpc) is 2.06. The molecule has 0 radical (unpaired) electrons. The molecule has 0 amide bonds. The quantitative estimate of drug-likeness (QED) is 0.700. The fourth-order valence-electron chi connectivity index (χ4n) is 0.672. The molecular weight excluding hydrogens is 166 g/mol. The van der Waals surface area contributed by atoms with Crippen molar-refractivity contribution in [3.05, 3.63) is 17.8 Å². The van der Waals surface area contributed by atoms with E-state index in [9.17, 15) is 8.78 Å². The molecular formula is C7H8F2N2O. The first-order valence-corrected chi connectivity index (χ1v) is 3.48. The minimum absolute atomic E-state index is 0.266. The van der Waals surface area contributed by atoms with Gasteiger partial charge in [-0.25, -0.2) is 8.78 Å². The van der Waals surface area contributed by atoms with Crippen LogP contribution in [0.3, 0.4) is 0 Å². The number of alkyl halides is 2. The van der Waals surface area contributed by atoms with Crippen LogP contribution in [0.5, 0.6) is 5.88 Å². The van der Waals surface area contributed by atoms with Gasteiger partial charge < -0.3 is 4.74 Å². The van der Waals surface area contributed by atoms with Crippen molar-refractivity contribution in [1.82, 2.24) is 10.2 Å². The molecule has 0 unspecified atom stereocenters. The molecule has 0 aliphatic rings. The second-order valence-corrected chi connectivity index (χ2v) is 2.03. The van der Waals surface area contributed by atoms with Crippen LogP contribution in [-0.2, 0) is 0 Å². The molecule has 0 bridgehead atoms. The maximum absolute atomic E-state index is 11.9. The van der Waals surface area contributed by atoms with E-state index in [0.29, 0.717) is 6.61 Å². The summed E-state index contributed by atoms with van der Waals surface area (Å²) in [6.45, 7) is 2.23. The van der Waals surface area contributed by atoms with Crippen molar-refractivity contribution in [2.75, 3.05) is 6.61 Å². The van der Waals surface area contributed by atoms with Crippen molar-refractivity contribution < 1.29 is 13.5 Å². The lowest BCUT2D eigenvalue weighted by Crippen LogP contribution is -1.98. The Balaban J connectivity index is 2.71. The molecule has 0 fully saturated rings. The number of nitrogens with zero attached hydrogens (tertiary/aromatic N) is 2. The standard InChI is InChI=1S/C7H8F2N2O/c1-2-12-6-4-3-5(7(8)9)10-11-6/h3-4,7H,2H2,1H3. The maximum Gasteiger partial charge on any atom is 0.282 e. The lowest BCUT2D eigenvalue weighted by atomic mass is 10.4. The Kier molecular flexibility index (Phi) is 2.90. The summed E-state index contributed by atoms with van der Waals surface area (Å²) in [6, 6.07) is 2.57. The summed E-state index contributed by atoms with van der Waals surface area (Å²) >= 11 is 0. The molecule has 0 N–H and O–H groups in total. The largest absolute Gasteiger partial charge is 0.477 e. The normalized spacial score (nSPS) is 10.3. The Morgan fingerprint density at radius 1 is 1.42 bits per heavy atom. The number of rotatable bonds is 3. The molecule has 3 nitrogen and oxygen atoms in total. The highest BCUT2D eigenvalue weighted by atomic mass is 19.3. The van der Waals surface area contributed by atoms with E-state index in [1.165, 1.54) is 12.1 Å². The third-order valence-corrected chi connectivity index (χ3v) is 1.18. The minimum atomic E-state index is -2.58. The van der Waals surface area contributed by atoms with Crippen molar-refractivity contribution in [1.29, 1.82) is 0 Å². The SMILES string of the molecule is CCOc1ccc(C(F)F)nn1. The summed E-state index contributed by atoms with van der Waals surface area (Å²) in [5, 5.41) is 6.71. The Labute approximate surface area is 68.4 Å². The molecule has 12 heavy (non-hydrogen) atoms. The van der Waals surface area contributed by atoms with Crippen LogP contribution in [-0.4, -0.2) is 16.8 Å². The van der Waals surface area contributed by atoms with Crippen LogP contribution >= 0.6 is 0 Å². The molecule has 0 saturated carbocycles. The predicted octanol–water partition coefficient (Wildman–Crippen LogP) is 1.81. The van der Waals surface area contributed by atoms with Gasteiger partial charge in [0.15, 0.2) is 0 Å². The average molecular weight is 174 g/mol. The van der Waals surface area contributed by atoms with Crippen LogP contribution in [0.4, 0.5) is 8.78 Å². The van der Waals surface area contributed by atoms with E-state index in [0.717, 1.165) is 0 Å². The van der Waals surface area contributed by atoms with Crippen molar-refractivity contribution >= 4 is 0 Å². The van der Waals surface area contributed by atoms with Crippen LogP contribution in [0.25, 0.3) is 0 Å². The molecule has 0 aliphatic heterocycles. The minimum Gasteiger partial charge on any atom is -0.477 e. The number of hydrogen-bond acceptors (Lipinski definition) is 3. The van der Waals surface area contributed by atoms with Crippen LogP contribution in [0, 0.1) is 0 Å². The molecule has 1 heterocycles.